The van der Waals surface area contributed by atoms with Crippen molar-refractivity contribution in [3.05, 3.63) is 53.1 Å². The van der Waals surface area contributed by atoms with Crippen LogP contribution >= 0.6 is 0 Å². The van der Waals surface area contributed by atoms with Gasteiger partial charge >= 0.3 is 0 Å². The summed E-state index contributed by atoms with van der Waals surface area (Å²) in [5.74, 6) is 1.31. The van der Waals surface area contributed by atoms with Crippen molar-refractivity contribution in [3.63, 3.8) is 0 Å². The fraction of sp³-hybridized carbons (Fsp3) is 0.316. The molecule has 2 heterocycles. The number of hydrogen-bond donors (Lipinski definition) is 2. The lowest BCUT2D eigenvalue weighted by molar-refractivity contribution is -0.126. The number of phenols is 1. The molecule has 0 bridgehead atoms. The molecule has 2 aromatic rings. The van der Waals surface area contributed by atoms with Crippen molar-refractivity contribution in [2.45, 2.75) is 25.6 Å². The number of carbonyl (C=O) groups is 1. The number of likely N-dealkylation sites (N-methyl/N-ethyl adjacent to an activating group) is 1. The largest absolute Gasteiger partial charge is 0.507 e. The van der Waals surface area contributed by atoms with Crippen LogP contribution in [0.3, 0.4) is 0 Å². The number of benzene rings is 2. The van der Waals surface area contributed by atoms with E-state index in [0.29, 0.717) is 31.0 Å². The minimum atomic E-state index is -0.273. The average Bonchev–Trinajstić information content (AvgIpc) is 3.07. The highest BCUT2D eigenvalue weighted by molar-refractivity contribution is 5.82. The molecule has 2 aromatic carbocycles. The molecule has 2 aliphatic rings. The van der Waals surface area contributed by atoms with E-state index < -0.39 is 0 Å². The molecule has 6 heteroatoms. The first-order valence-electron chi connectivity index (χ1n) is 8.29. The number of hydrogen-bond acceptors (Lipinski definition) is 5. The van der Waals surface area contributed by atoms with Crippen LogP contribution in [0, 0.1) is 0 Å². The molecule has 2 N–H and O–H groups in total. The molecule has 25 heavy (non-hydrogen) atoms. The SMILES string of the molecule is CNC(=O)[C@H]1Cc2ccccc2CN1Cc1cc2c(cc1O)OCO2. The Balaban J connectivity index is 1.65. The lowest BCUT2D eigenvalue weighted by Crippen LogP contribution is -2.49. The summed E-state index contributed by atoms with van der Waals surface area (Å²) < 4.78 is 10.7. The van der Waals surface area contributed by atoms with Crippen molar-refractivity contribution in [2.75, 3.05) is 13.8 Å². The molecular weight excluding hydrogens is 320 g/mol. The van der Waals surface area contributed by atoms with Crippen molar-refractivity contribution in [3.8, 4) is 17.2 Å². The monoisotopic (exact) mass is 340 g/mol. The standard InChI is InChI=1S/C19H20N2O4/c1-20-19(23)15-6-12-4-2-3-5-13(12)9-21(15)10-14-7-17-18(8-16(14)22)25-11-24-17/h2-5,7-8,15,22H,6,9-11H2,1H3,(H,20,23)/t15-/m1/s1. The summed E-state index contributed by atoms with van der Waals surface area (Å²) in [6, 6.07) is 11.3. The maximum Gasteiger partial charge on any atom is 0.237 e. The topological polar surface area (TPSA) is 71.0 Å². The normalized spacial score (nSPS) is 18.7. The maximum absolute atomic E-state index is 12.4. The van der Waals surface area contributed by atoms with Crippen molar-refractivity contribution in [2.24, 2.45) is 0 Å². The number of nitrogens with zero attached hydrogens (tertiary/aromatic N) is 1. The molecule has 0 spiro atoms. The van der Waals surface area contributed by atoms with Crippen molar-refractivity contribution in [1.82, 2.24) is 10.2 Å². The Labute approximate surface area is 146 Å². The van der Waals surface area contributed by atoms with Gasteiger partial charge in [0.05, 0.1) is 6.04 Å². The summed E-state index contributed by atoms with van der Waals surface area (Å²) in [7, 11) is 1.65. The Kier molecular flexibility index (Phi) is 3.97. The molecule has 0 fully saturated rings. The summed E-state index contributed by atoms with van der Waals surface area (Å²) in [6.07, 6.45) is 0.654. The number of aromatic hydroxyl groups is 1. The molecule has 0 saturated heterocycles. The van der Waals surface area contributed by atoms with Crippen LogP contribution in [0.5, 0.6) is 17.2 Å². The van der Waals surface area contributed by atoms with E-state index in [0.717, 1.165) is 5.56 Å². The Morgan fingerprint density at radius 1 is 1.24 bits per heavy atom. The predicted molar refractivity (Wildman–Crippen MR) is 91.5 cm³/mol. The first-order chi connectivity index (χ1) is 12.2. The van der Waals surface area contributed by atoms with Gasteiger partial charge < -0.3 is 19.9 Å². The lowest BCUT2D eigenvalue weighted by atomic mass is 9.93. The third-order valence-corrected chi connectivity index (χ3v) is 4.84. The van der Waals surface area contributed by atoms with Crippen LogP contribution in [0.1, 0.15) is 16.7 Å². The maximum atomic E-state index is 12.4. The zero-order chi connectivity index (χ0) is 17.4. The van der Waals surface area contributed by atoms with Gasteiger partial charge in [-0.15, -0.1) is 0 Å². The van der Waals surface area contributed by atoms with Crippen LogP contribution in [0.4, 0.5) is 0 Å². The van der Waals surface area contributed by atoms with E-state index in [-0.39, 0.29) is 24.5 Å². The van der Waals surface area contributed by atoms with Crippen LogP contribution < -0.4 is 14.8 Å². The number of rotatable bonds is 3. The van der Waals surface area contributed by atoms with E-state index in [4.69, 9.17) is 9.47 Å². The minimum Gasteiger partial charge on any atom is -0.507 e. The molecule has 1 atom stereocenters. The molecular formula is C19H20N2O4. The van der Waals surface area contributed by atoms with Gasteiger partial charge in [-0.05, 0) is 23.6 Å². The van der Waals surface area contributed by atoms with Crippen LogP contribution in [0.25, 0.3) is 0 Å². The van der Waals surface area contributed by atoms with E-state index >= 15 is 0 Å². The molecule has 0 saturated carbocycles. The van der Waals surface area contributed by atoms with Gasteiger partial charge in [0.2, 0.25) is 12.7 Å². The Bertz CT molecular complexity index is 821. The van der Waals surface area contributed by atoms with Gasteiger partial charge in [-0.25, -0.2) is 0 Å². The number of fused-ring (bicyclic) bond motifs is 2. The Morgan fingerprint density at radius 2 is 1.96 bits per heavy atom. The zero-order valence-electron chi connectivity index (χ0n) is 14.0. The summed E-state index contributed by atoms with van der Waals surface area (Å²) >= 11 is 0. The van der Waals surface area contributed by atoms with Gasteiger partial charge in [0, 0.05) is 31.8 Å². The molecule has 0 radical (unpaired) electrons. The number of phenolic OH excluding ortho intramolecular Hbond substituents is 1. The second-order valence-electron chi connectivity index (χ2n) is 6.34. The Morgan fingerprint density at radius 3 is 2.72 bits per heavy atom. The van der Waals surface area contributed by atoms with Gasteiger partial charge in [0.15, 0.2) is 11.5 Å². The minimum absolute atomic E-state index is 0.0188. The molecule has 6 nitrogen and oxygen atoms in total. The van der Waals surface area contributed by atoms with Crippen LogP contribution in [0.15, 0.2) is 36.4 Å². The van der Waals surface area contributed by atoms with Gasteiger partial charge in [-0.1, -0.05) is 24.3 Å². The smallest absolute Gasteiger partial charge is 0.237 e. The highest BCUT2D eigenvalue weighted by Gasteiger charge is 2.31. The van der Waals surface area contributed by atoms with Crippen LogP contribution in [0.2, 0.25) is 0 Å². The van der Waals surface area contributed by atoms with Crippen molar-refractivity contribution < 1.29 is 19.4 Å². The summed E-state index contributed by atoms with van der Waals surface area (Å²) in [4.78, 5) is 14.5. The predicted octanol–water partition coefficient (Wildman–Crippen LogP) is 1.79. The van der Waals surface area contributed by atoms with E-state index in [2.05, 4.69) is 22.3 Å². The molecule has 0 aliphatic carbocycles. The van der Waals surface area contributed by atoms with E-state index in [1.54, 1.807) is 19.2 Å². The first-order valence-corrected chi connectivity index (χ1v) is 8.29. The third-order valence-electron chi connectivity index (χ3n) is 4.84. The number of carbonyl (C=O) groups excluding carboxylic acids is 1. The molecule has 1 amide bonds. The van der Waals surface area contributed by atoms with Crippen LogP contribution in [-0.4, -0.2) is 35.8 Å². The molecule has 0 unspecified atom stereocenters. The number of nitrogens with one attached hydrogen (secondary N) is 1. The lowest BCUT2D eigenvalue weighted by Gasteiger charge is -2.35. The van der Waals surface area contributed by atoms with Crippen molar-refractivity contribution >= 4 is 5.91 Å². The van der Waals surface area contributed by atoms with Crippen LogP contribution in [-0.2, 0) is 24.3 Å². The fourth-order valence-corrected chi connectivity index (χ4v) is 3.49. The average molecular weight is 340 g/mol. The van der Waals surface area contributed by atoms with Gasteiger partial charge in [-0.2, -0.15) is 0 Å². The highest BCUT2D eigenvalue weighted by atomic mass is 16.7. The van der Waals surface area contributed by atoms with Gasteiger partial charge in [0.25, 0.3) is 0 Å². The zero-order valence-corrected chi connectivity index (χ0v) is 14.0. The first kappa shape index (κ1) is 15.8. The van der Waals surface area contributed by atoms with Gasteiger partial charge in [-0.3, -0.25) is 9.69 Å². The van der Waals surface area contributed by atoms with E-state index in [9.17, 15) is 9.90 Å². The summed E-state index contributed by atoms with van der Waals surface area (Å²) in [5, 5.41) is 13.1. The fourth-order valence-electron chi connectivity index (χ4n) is 3.49. The summed E-state index contributed by atoms with van der Waals surface area (Å²) in [5.41, 5.74) is 3.13. The third kappa shape index (κ3) is 2.89. The van der Waals surface area contributed by atoms with E-state index in [1.165, 1.54) is 11.1 Å². The second-order valence-corrected chi connectivity index (χ2v) is 6.34. The number of ether oxygens (including phenoxy) is 2. The number of amides is 1. The molecule has 2 aliphatic heterocycles. The van der Waals surface area contributed by atoms with E-state index in [1.807, 2.05) is 12.1 Å². The highest BCUT2D eigenvalue weighted by Crippen LogP contribution is 2.38. The van der Waals surface area contributed by atoms with Crippen molar-refractivity contribution in [1.29, 1.82) is 0 Å². The molecule has 4 rings (SSSR count). The second kappa shape index (κ2) is 6.29. The molecule has 0 aromatic heterocycles. The quantitative estimate of drug-likeness (QED) is 0.891. The van der Waals surface area contributed by atoms with Gasteiger partial charge in [0.1, 0.15) is 5.75 Å². The Hall–Kier alpha value is -2.73. The molecule has 130 valence electrons. The summed E-state index contributed by atoms with van der Waals surface area (Å²) in [6.45, 7) is 1.27.